The summed E-state index contributed by atoms with van der Waals surface area (Å²) in [7, 11) is 0. The Morgan fingerprint density at radius 3 is 2.47 bits per heavy atom. The van der Waals surface area contributed by atoms with Gasteiger partial charge in [-0.05, 0) is 24.1 Å². The molecule has 0 aliphatic carbocycles. The van der Waals surface area contributed by atoms with Gasteiger partial charge in [0.25, 0.3) is 5.91 Å². The average Bonchev–Trinajstić information content (AvgIpc) is 2.24. The first kappa shape index (κ1) is 16.0. The van der Waals surface area contributed by atoms with Crippen molar-refractivity contribution in [2.24, 2.45) is 5.92 Å². The number of carbonyl (C=O) groups is 2. The third kappa shape index (κ3) is 5.20. The molecule has 1 amide bonds. The van der Waals surface area contributed by atoms with Gasteiger partial charge in [-0.2, -0.15) is 0 Å². The molecule has 1 rings (SSSR count). The second-order valence-corrected chi connectivity index (χ2v) is 5.98. The van der Waals surface area contributed by atoms with Crippen LogP contribution in [0.1, 0.15) is 24.2 Å². The Bertz CT molecular complexity index is 471. The minimum Gasteiger partial charge on any atom is -0.480 e. The van der Waals surface area contributed by atoms with Crippen molar-refractivity contribution in [3.8, 4) is 0 Å². The van der Waals surface area contributed by atoms with Crippen LogP contribution in [-0.2, 0) is 4.79 Å². The third-order valence-corrected chi connectivity index (χ3v) is 2.98. The number of hydrogen-bond donors (Lipinski definition) is 1. The Kier molecular flexibility index (Phi) is 5.82. The van der Waals surface area contributed by atoms with Crippen molar-refractivity contribution in [3.63, 3.8) is 0 Å². The maximum Gasteiger partial charge on any atom is 0.323 e. The van der Waals surface area contributed by atoms with Crippen molar-refractivity contribution in [2.45, 2.75) is 13.8 Å². The summed E-state index contributed by atoms with van der Waals surface area (Å²) in [6.45, 7) is 3.92. The van der Waals surface area contributed by atoms with Crippen LogP contribution in [0.4, 0.5) is 0 Å². The average molecular weight is 349 g/mol. The van der Waals surface area contributed by atoms with E-state index in [0.29, 0.717) is 21.6 Å². The Labute approximate surface area is 125 Å². The van der Waals surface area contributed by atoms with Gasteiger partial charge in [-0.15, -0.1) is 0 Å². The molecule has 1 aromatic carbocycles. The predicted molar refractivity (Wildman–Crippen MR) is 77.5 cm³/mol. The fourth-order valence-corrected chi connectivity index (χ4v) is 2.54. The number of rotatable bonds is 5. The molecule has 0 bridgehead atoms. The highest BCUT2D eigenvalue weighted by molar-refractivity contribution is 9.10. The zero-order valence-corrected chi connectivity index (χ0v) is 13.0. The zero-order chi connectivity index (χ0) is 14.6. The molecule has 104 valence electrons. The van der Waals surface area contributed by atoms with Gasteiger partial charge in [-0.3, -0.25) is 9.59 Å². The highest BCUT2D eigenvalue weighted by atomic mass is 79.9. The molecule has 0 aliphatic rings. The fourth-order valence-electron chi connectivity index (χ4n) is 1.68. The minimum absolute atomic E-state index is 0.186. The van der Waals surface area contributed by atoms with Gasteiger partial charge in [-0.1, -0.05) is 41.4 Å². The monoisotopic (exact) mass is 347 g/mol. The summed E-state index contributed by atoms with van der Waals surface area (Å²) in [5.74, 6) is -1.18. The van der Waals surface area contributed by atoms with Gasteiger partial charge >= 0.3 is 5.97 Å². The van der Waals surface area contributed by atoms with Crippen molar-refractivity contribution >= 4 is 39.4 Å². The molecule has 0 heterocycles. The van der Waals surface area contributed by atoms with E-state index < -0.39 is 5.97 Å². The Balaban J connectivity index is 3.00. The molecule has 0 radical (unpaired) electrons. The summed E-state index contributed by atoms with van der Waals surface area (Å²) in [5, 5.41) is 9.30. The van der Waals surface area contributed by atoms with E-state index in [2.05, 4.69) is 15.9 Å². The molecular formula is C13H15BrClNO3. The van der Waals surface area contributed by atoms with Crippen molar-refractivity contribution in [1.29, 1.82) is 0 Å². The summed E-state index contributed by atoms with van der Waals surface area (Å²) < 4.78 is 0.683. The first-order chi connectivity index (χ1) is 8.79. The quantitative estimate of drug-likeness (QED) is 0.888. The van der Waals surface area contributed by atoms with Gasteiger partial charge < -0.3 is 10.0 Å². The minimum atomic E-state index is -1.03. The molecular weight excluding hydrogens is 334 g/mol. The van der Waals surface area contributed by atoms with E-state index in [1.807, 2.05) is 13.8 Å². The van der Waals surface area contributed by atoms with Gasteiger partial charge in [0.1, 0.15) is 6.54 Å². The first-order valence-corrected chi connectivity index (χ1v) is 6.94. The summed E-state index contributed by atoms with van der Waals surface area (Å²) in [6.07, 6.45) is 0. The zero-order valence-electron chi connectivity index (χ0n) is 10.7. The van der Waals surface area contributed by atoms with E-state index in [1.165, 1.54) is 11.0 Å². The van der Waals surface area contributed by atoms with Crippen LogP contribution >= 0.6 is 27.5 Å². The smallest absolute Gasteiger partial charge is 0.323 e. The van der Waals surface area contributed by atoms with Crippen LogP contribution in [0.5, 0.6) is 0 Å². The fraction of sp³-hybridized carbons (Fsp3) is 0.385. The van der Waals surface area contributed by atoms with Crippen molar-refractivity contribution in [3.05, 3.63) is 33.3 Å². The topological polar surface area (TPSA) is 57.6 Å². The van der Waals surface area contributed by atoms with Crippen LogP contribution in [0.2, 0.25) is 5.02 Å². The van der Waals surface area contributed by atoms with E-state index in [-0.39, 0.29) is 18.4 Å². The Morgan fingerprint density at radius 1 is 1.37 bits per heavy atom. The lowest BCUT2D eigenvalue weighted by Gasteiger charge is -2.23. The maximum absolute atomic E-state index is 12.3. The second kappa shape index (κ2) is 6.91. The molecule has 6 heteroatoms. The number of aliphatic carboxylic acids is 1. The second-order valence-electron chi connectivity index (χ2n) is 4.63. The first-order valence-electron chi connectivity index (χ1n) is 5.76. The molecule has 0 spiro atoms. The SMILES string of the molecule is CC(C)CN(CC(=O)O)C(=O)c1cc(Cl)cc(Br)c1. The van der Waals surface area contributed by atoms with Crippen LogP contribution in [0.25, 0.3) is 0 Å². The third-order valence-electron chi connectivity index (χ3n) is 2.31. The lowest BCUT2D eigenvalue weighted by atomic mass is 10.1. The van der Waals surface area contributed by atoms with E-state index >= 15 is 0 Å². The Morgan fingerprint density at radius 2 is 2.00 bits per heavy atom. The molecule has 0 saturated heterocycles. The van der Waals surface area contributed by atoms with E-state index in [0.717, 1.165) is 0 Å². The van der Waals surface area contributed by atoms with Crippen LogP contribution in [0.15, 0.2) is 22.7 Å². The van der Waals surface area contributed by atoms with Gasteiger partial charge in [0.15, 0.2) is 0 Å². The largest absolute Gasteiger partial charge is 0.480 e. The number of carboxylic acids is 1. The van der Waals surface area contributed by atoms with Gasteiger partial charge in [0.2, 0.25) is 0 Å². The normalized spacial score (nSPS) is 10.6. The number of nitrogens with zero attached hydrogens (tertiary/aromatic N) is 1. The summed E-state index contributed by atoms with van der Waals surface area (Å²) >= 11 is 9.15. The number of halogens is 2. The molecule has 0 saturated carbocycles. The predicted octanol–water partition coefficient (Wildman–Crippen LogP) is 3.29. The number of amides is 1. The van der Waals surface area contributed by atoms with E-state index in [4.69, 9.17) is 16.7 Å². The summed E-state index contributed by atoms with van der Waals surface area (Å²) in [5.41, 5.74) is 0.376. The standard InChI is InChI=1S/C13H15BrClNO3/c1-8(2)6-16(7-12(17)18)13(19)9-3-10(14)5-11(15)4-9/h3-5,8H,6-7H2,1-2H3,(H,17,18). The maximum atomic E-state index is 12.3. The molecule has 0 atom stereocenters. The highest BCUT2D eigenvalue weighted by Crippen LogP contribution is 2.21. The summed E-state index contributed by atoms with van der Waals surface area (Å²) in [4.78, 5) is 24.4. The van der Waals surface area contributed by atoms with Gasteiger partial charge in [-0.25, -0.2) is 0 Å². The van der Waals surface area contributed by atoms with Crippen LogP contribution in [0, 0.1) is 5.92 Å². The highest BCUT2D eigenvalue weighted by Gasteiger charge is 2.20. The van der Waals surface area contributed by atoms with Crippen molar-refractivity contribution in [2.75, 3.05) is 13.1 Å². The van der Waals surface area contributed by atoms with Crippen LogP contribution in [0.3, 0.4) is 0 Å². The lowest BCUT2D eigenvalue weighted by Crippen LogP contribution is -2.38. The molecule has 1 N–H and O–H groups in total. The molecule has 19 heavy (non-hydrogen) atoms. The van der Waals surface area contributed by atoms with Gasteiger partial charge in [0, 0.05) is 21.6 Å². The van der Waals surface area contributed by atoms with Gasteiger partial charge in [0.05, 0.1) is 0 Å². The Hall–Kier alpha value is -1.07. The van der Waals surface area contributed by atoms with E-state index in [9.17, 15) is 9.59 Å². The van der Waals surface area contributed by atoms with E-state index in [1.54, 1.807) is 12.1 Å². The molecule has 0 fully saturated rings. The lowest BCUT2D eigenvalue weighted by molar-refractivity contribution is -0.137. The van der Waals surface area contributed by atoms with Crippen molar-refractivity contribution in [1.82, 2.24) is 4.90 Å². The number of carbonyl (C=O) groups excluding carboxylic acids is 1. The number of hydrogen-bond acceptors (Lipinski definition) is 2. The number of benzene rings is 1. The van der Waals surface area contributed by atoms with Crippen LogP contribution in [-0.4, -0.2) is 35.0 Å². The molecule has 1 aromatic rings. The molecule has 0 unspecified atom stereocenters. The summed E-state index contributed by atoms with van der Waals surface area (Å²) in [6, 6.07) is 4.83. The van der Waals surface area contributed by atoms with Crippen molar-refractivity contribution < 1.29 is 14.7 Å². The molecule has 0 aromatic heterocycles. The number of carboxylic acid groups (broad SMARTS) is 1. The molecule has 0 aliphatic heterocycles. The molecule has 4 nitrogen and oxygen atoms in total. The van der Waals surface area contributed by atoms with Crippen LogP contribution < -0.4 is 0 Å².